The summed E-state index contributed by atoms with van der Waals surface area (Å²) in [6.45, 7) is 7.35. The van der Waals surface area contributed by atoms with E-state index >= 15 is 0 Å². The van der Waals surface area contributed by atoms with Crippen LogP contribution in [0.2, 0.25) is 0 Å². The van der Waals surface area contributed by atoms with Crippen LogP contribution < -0.4 is 10.5 Å². The molecular weight excluding hydrogens is 264 g/mol. The molecule has 0 spiro atoms. The van der Waals surface area contributed by atoms with Crippen LogP contribution in [-0.2, 0) is 14.8 Å². The first-order valence-corrected chi connectivity index (χ1v) is 7.66. The Balaban J connectivity index is 3.21. The van der Waals surface area contributed by atoms with Gasteiger partial charge in [-0.15, -0.1) is 0 Å². The molecule has 0 bridgehead atoms. The second-order valence-corrected chi connectivity index (χ2v) is 6.32. The van der Waals surface area contributed by atoms with Crippen molar-refractivity contribution in [1.29, 1.82) is 0 Å². The summed E-state index contributed by atoms with van der Waals surface area (Å²) < 4.78 is 22.8. The van der Waals surface area contributed by atoms with E-state index < -0.39 is 10.0 Å². The molecule has 106 valence electrons. The molecule has 1 atom stereocenters. The minimum atomic E-state index is -3.78. The Hall–Kier alpha value is -1.40. The molecule has 0 aliphatic carbocycles. The van der Waals surface area contributed by atoms with Gasteiger partial charge in [0.1, 0.15) is 0 Å². The van der Waals surface area contributed by atoms with Crippen LogP contribution >= 0.6 is 0 Å². The van der Waals surface area contributed by atoms with Gasteiger partial charge in [-0.3, -0.25) is 4.79 Å². The summed E-state index contributed by atoms with van der Waals surface area (Å²) in [5.74, 6) is -0.255. The Bertz CT molecular complexity index is 594. The molecule has 1 aromatic rings. The summed E-state index contributed by atoms with van der Waals surface area (Å²) in [5.41, 5.74) is 2.10. The quantitative estimate of drug-likeness (QED) is 0.885. The van der Waals surface area contributed by atoms with Crippen molar-refractivity contribution in [1.82, 2.24) is 0 Å². The van der Waals surface area contributed by atoms with E-state index in [1.165, 1.54) is 12.1 Å². The second-order valence-electron chi connectivity index (χ2n) is 4.76. The summed E-state index contributed by atoms with van der Waals surface area (Å²) in [6, 6.07) is 2.90. The van der Waals surface area contributed by atoms with Gasteiger partial charge >= 0.3 is 0 Å². The van der Waals surface area contributed by atoms with E-state index in [-0.39, 0.29) is 16.7 Å². The van der Waals surface area contributed by atoms with Gasteiger partial charge < -0.3 is 5.32 Å². The lowest BCUT2D eigenvalue weighted by Gasteiger charge is -2.15. The normalized spacial score (nSPS) is 13.1. The molecule has 6 heteroatoms. The number of benzene rings is 1. The number of nitrogens with two attached hydrogens (primary N) is 1. The van der Waals surface area contributed by atoms with E-state index in [0.717, 1.165) is 17.5 Å². The van der Waals surface area contributed by atoms with Crippen molar-refractivity contribution in [2.45, 2.75) is 39.0 Å². The molecule has 3 N–H and O–H groups in total. The van der Waals surface area contributed by atoms with Crippen LogP contribution in [0, 0.1) is 19.8 Å². The fourth-order valence-corrected chi connectivity index (χ4v) is 2.18. The highest BCUT2D eigenvalue weighted by molar-refractivity contribution is 7.89. The molecule has 19 heavy (non-hydrogen) atoms. The zero-order valence-electron chi connectivity index (χ0n) is 11.6. The zero-order valence-corrected chi connectivity index (χ0v) is 12.5. The predicted molar refractivity (Wildman–Crippen MR) is 75.4 cm³/mol. The van der Waals surface area contributed by atoms with Crippen LogP contribution in [0.5, 0.6) is 0 Å². The summed E-state index contributed by atoms with van der Waals surface area (Å²) in [7, 11) is -3.78. The molecule has 0 aromatic heterocycles. The number of sulfonamides is 1. The van der Waals surface area contributed by atoms with Crippen molar-refractivity contribution in [3.63, 3.8) is 0 Å². The Labute approximate surface area is 114 Å². The molecule has 0 aliphatic rings. The van der Waals surface area contributed by atoms with Crippen LogP contribution in [0.3, 0.4) is 0 Å². The number of aryl methyl sites for hydroxylation is 1. The number of anilines is 1. The van der Waals surface area contributed by atoms with E-state index in [1.807, 2.05) is 20.8 Å². The number of hydrogen-bond acceptors (Lipinski definition) is 3. The molecule has 0 fully saturated rings. The Kier molecular flexibility index (Phi) is 4.70. The number of carbonyl (C=O) groups is 1. The number of rotatable bonds is 4. The van der Waals surface area contributed by atoms with Crippen LogP contribution in [0.25, 0.3) is 0 Å². The van der Waals surface area contributed by atoms with Gasteiger partial charge in [-0.05, 0) is 43.5 Å². The molecule has 0 saturated carbocycles. The van der Waals surface area contributed by atoms with Crippen molar-refractivity contribution in [2.24, 2.45) is 11.1 Å². The summed E-state index contributed by atoms with van der Waals surface area (Å²) in [5, 5.41) is 7.88. The Morgan fingerprint density at radius 1 is 1.37 bits per heavy atom. The van der Waals surface area contributed by atoms with Crippen molar-refractivity contribution in [3.8, 4) is 0 Å². The minimum Gasteiger partial charge on any atom is -0.326 e. The van der Waals surface area contributed by atoms with Gasteiger partial charge in [0.25, 0.3) is 0 Å². The second kappa shape index (κ2) is 5.71. The van der Waals surface area contributed by atoms with Gasteiger partial charge in [0.05, 0.1) is 4.90 Å². The lowest BCUT2D eigenvalue weighted by molar-refractivity contribution is -0.119. The first-order chi connectivity index (χ1) is 8.66. The molecule has 0 aliphatic heterocycles. The topological polar surface area (TPSA) is 89.3 Å². The fourth-order valence-electron chi connectivity index (χ4n) is 1.56. The Morgan fingerprint density at radius 2 is 1.95 bits per heavy atom. The van der Waals surface area contributed by atoms with Gasteiger partial charge in [0.15, 0.2) is 0 Å². The molecule has 0 radical (unpaired) electrons. The minimum absolute atomic E-state index is 0.00931. The third kappa shape index (κ3) is 3.78. The van der Waals surface area contributed by atoms with Gasteiger partial charge in [0, 0.05) is 11.6 Å². The van der Waals surface area contributed by atoms with Crippen LogP contribution in [0.15, 0.2) is 17.0 Å². The smallest absolute Gasteiger partial charge is 0.238 e. The van der Waals surface area contributed by atoms with E-state index in [9.17, 15) is 13.2 Å². The molecular formula is C13H20N2O3S. The fraction of sp³-hybridized carbons (Fsp3) is 0.462. The third-order valence-electron chi connectivity index (χ3n) is 3.29. The van der Waals surface area contributed by atoms with Crippen molar-refractivity contribution in [3.05, 3.63) is 23.3 Å². The highest BCUT2D eigenvalue weighted by atomic mass is 32.2. The van der Waals surface area contributed by atoms with Gasteiger partial charge in [-0.25, -0.2) is 13.6 Å². The molecule has 1 unspecified atom stereocenters. The van der Waals surface area contributed by atoms with E-state index in [4.69, 9.17) is 5.14 Å². The number of carbonyl (C=O) groups excluding carboxylic acids is 1. The van der Waals surface area contributed by atoms with Gasteiger partial charge in [-0.1, -0.05) is 13.8 Å². The number of primary sulfonamides is 1. The van der Waals surface area contributed by atoms with Crippen LogP contribution in [-0.4, -0.2) is 14.3 Å². The number of nitrogens with one attached hydrogen (secondary N) is 1. The predicted octanol–water partition coefficient (Wildman–Crippen LogP) is 1.94. The standard InChI is InChI=1S/C13H20N2O3S/c1-5-8(2)13(16)15-12-7-11(19(14,17)18)6-9(3)10(12)4/h6-8H,5H2,1-4H3,(H,15,16)(H2,14,17,18). The highest BCUT2D eigenvalue weighted by Gasteiger charge is 2.16. The van der Waals surface area contributed by atoms with E-state index in [2.05, 4.69) is 5.32 Å². The van der Waals surface area contributed by atoms with Crippen LogP contribution in [0.4, 0.5) is 5.69 Å². The average molecular weight is 284 g/mol. The van der Waals surface area contributed by atoms with Crippen molar-refractivity contribution in [2.75, 3.05) is 5.32 Å². The van der Waals surface area contributed by atoms with Crippen LogP contribution in [0.1, 0.15) is 31.4 Å². The maximum atomic E-state index is 11.9. The van der Waals surface area contributed by atoms with E-state index in [1.54, 1.807) is 6.92 Å². The number of hydrogen-bond donors (Lipinski definition) is 2. The SMILES string of the molecule is CCC(C)C(=O)Nc1cc(S(N)(=O)=O)cc(C)c1C. The number of amides is 1. The molecule has 1 aromatic carbocycles. The maximum absolute atomic E-state index is 11.9. The first-order valence-electron chi connectivity index (χ1n) is 6.11. The molecule has 0 saturated heterocycles. The maximum Gasteiger partial charge on any atom is 0.238 e. The largest absolute Gasteiger partial charge is 0.326 e. The lowest BCUT2D eigenvalue weighted by Crippen LogP contribution is -2.21. The van der Waals surface area contributed by atoms with Gasteiger partial charge in [-0.2, -0.15) is 0 Å². The molecule has 0 heterocycles. The van der Waals surface area contributed by atoms with Gasteiger partial charge in [0.2, 0.25) is 15.9 Å². The highest BCUT2D eigenvalue weighted by Crippen LogP contribution is 2.24. The molecule has 5 nitrogen and oxygen atoms in total. The summed E-state index contributed by atoms with van der Waals surface area (Å²) in [6.07, 6.45) is 0.721. The van der Waals surface area contributed by atoms with E-state index in [0.29, 0.717) is 5.69 Å². The molecule has 1 amide bonds. The first kappa shape index (κ1) is 15.7. The Morgan fingerprint density at radius 3 is 2.42 bits per heavy atom. The zero-order chi connectivity index (χ0) is 14.8. The summed E-state index contributed by atoms with van der Waals surface area (Å²) >= 11 is 0. The average Bonchev–Trinajstić information content (AvgIpc) is 2.32. The van der Waals surface area contributed by atoms with Crippen molar-refractivity contribution < 1.29 is 13.2 Å². The lowest BCUT2D eigenvalue weighted by atomic mass is 10.1. The third-order valence-corrected chi connectivity index (χ3v) is 4.18. The van der Waals surface area contributed by atoms with Crippen molar-refractivity contribution >= 4 is 21.6 Å². The summed E-state index contributed by atoms with van der Waals surface area (Å²) in [4.78, 5) is 11.9. The monoisotopic (exact) mass is 284 g/mol. The molecule has 1 rings (SSSR count).